The van der Waals surface area contributed by atoms with Gasteiger partial charge in [-0.1, -0.05) is 139 Å². The molecule has 1 aromatic heterocycles. The van der Waals surface area contributed by atoms with E-state index in [2.05, 4.69) is 46.9 Å². The quantitative estimate of drug-likeness (QED) is 0.0417. The first-order valence-electron chi connectivity index (χ1n) is 17.3. The number of hydrogen-bond acceptors (Lipinski definition) is 2. The minimum atomic E-state index is -0.352. The number of imidazole rings is 1. The van der Waals surface area contributed by atoms with E-state index in [1.807, 2.05) is 66.7 Å². The van der Waals surface area contributed by atoms with Gasteiger partial charge in [0.15, 0.2) is 0 Å². The average Bonchev–Trinajstić information content (AvgIpc) is 3.54. The standard InChI is InChI=1S/C40H53N2O2/c1-2-3-4-5-6-7-8-9-10-11-12-13-14-15-16-20-31-41-32-33-42(34-41)38-27-29-39(30-28-38)44-40(43)37-25-23-36(24-26-37)35-21-18-17-19-22-35/h17-19,21-30,32-34H,2-16,20,31H2,1H3/q+1. The second-order valence-corrected chi connectivity index (χ2v) is 12.2. The lowest BCUT2D eigenvalue weighted by Gasteiger charge is -2.06. The molecule has 4 aromatic rings. The smallest absolute Gasteiger partial charge is 0.343 e. The van der Waals surface area contributed by atoms with E-state index in [1.54, 1.807) is 0 Å². The highest BCUT2D eigenvalue weighted by Gasteiger charge is 2.11. The molecule has 0 fully saturated rings. The van der Waals surface area contributed by atoms with E-state index in [0.29, 0.717) is 11.3 Å². The Bertz CT molecular complexity index is 1330. The largest absolute Gasteiger partial charge is 0.423 e. The van der Waals surface area contributed by atoms with Crippen molar-refractivity contribution in [3.8, 4) is 22.6 Å². The van der Waals surface area contributed by atoms with Crippen LogP contribution in [0.3, 0.4) is 0 Å². The summed E-state index contributed by atoms with van der Waals surface area (Å²) in [7, 11) is 0. The molecule has 0 aliphatic heterocycles. The van der Waals surface area contributed by atoms with Gasteiger partial charge in [0.1, 0.15) is 23.8 Å². The minimum Gasteiger partial charge on any atom is -0.423 e. The molecular formula is C40H53N2O2+. The van der Waals surface area contributed by atoms with Gasteiger partial charge in [-0.05, 0) is 60.4 Å². The Kier molecular flexibility index (Phi) is 14.8. The van der Waals surface area contributed by atoms with Crippen LogP contribution in [0.25, 0.3) is 16.8 Å². The molecule has 44 heavy (non-hydrogen) atoms. The topological polar surface area (TPSA) is 35.1 Å². The number of carbonyl (C=O) groups is 1. The van der Waals surface area contributed by atoms with E-state index in [9.17, 15) is 4.79 Å². The summed E-state index contributed by atoms with van der Waals surface area (Å²) >= 11 is 0. The predicted octanol–water partition coefficient (Wildman–Crippen LogP) is 10.9. The monoisotopic (exact) mass is 593 g/mol. The van der Waals surface area contributed by atoms with Gasteiger partial charge in [0.2, 0.25) is 6.33 Å². The highest BCUT2D eigenvalue weighted by Crippen LogP contribution is 2.21. The van der Waals surface area contributed by atoms with Crippen LogP contribution >= 0.6 is 0 Å². The van der Waals surface area contributed by atoms with Gasteiger partial charge in [-0.3, -0.25) is 0 Å². The second-order valence-electron chi connectivity index (χ2n) is 12.2. The zero-order valence-corrected chi connectivity index (χ0v) is 27.0. The number of benzene rings is 3. The lowest BCUT2D eigenvalue weighted by molar-refractivity contribution is -0.696. The van der Waals surface area contributed by atoms with Crippen LogP contribution in [0.5, 0.6) is 5.75 Å². The number of hydrogen-bond donors (Lipinski definition) is 0. The van der Waals surface area contributed by atoms with Gasteiger partial charge in [-0.25, -0.2) is 13.9 Å². The number of unbranched alkanes of at least 4 members (excludes halogenated alkanes) is 15. The first-order chi connectivity index (χ1) is 21.7. The number of esters is 1. The van der Waals surface area contributed by atoms with Gasteiger partial charge >= 0.3 is 5.97 Å². The van der Waals surface area contributed by atoms with Crippen LogP contribution in [-0.4, -0.2) is 10.5 Å². The normalized spacial score (nSPS) is 11.1. The summed E-state index contributed by atoms with van der Waals surface area (Å²) in [4.78, 5) is 12.7. The van der Waals surface area contributed by atoms with E-state index >= 15 is 0 Å². The number of carbonyl (C=O) groups excluding carboxylic acids is 1. The molecule has 3 aromatic carbocycles. The van der Waals surface area contributed by atoms with Crippen molar-refractivity contribution >= 4 is 5.97 Å². The molecule has 4 nitrogen and oxygen atoms in total. The first-order valence-corrected chi connectivity index (χ1v) is 17.3. The zero-order chi connectivity index (χ0) is 30.7. The molecule has 234 valence electrons. The summed E-state index contributed by atoms with van der Waals surface area (Å²) in [6.07, 6.45) is 28.7. The van der Waals surface area contributed by atoms with Crippen molar-refractivity contribution in [3.63, 3.8) is 0 Å². The number of nitrogens with zero attached hydrogens (tertiary/aromatic N) is 2. The van der Waals surface area contributed by atoms with E-state index in [4.69, 9.17) is 4.74 Å². The van der Waals surface area contributed by atoms with Gasteiger partial charge < -0.3 is 4.74 Å². The van der Waals surface area contributed by atoms with Crippen molar-refractivity contribution < 1.29 is 14.1 Å². The third-order valence-electron chi connectivity index (χ3n) is 8.53. The minimum absolute atomic E-state index is 0.352. The number of rotatable bonds is 21. The SMILES string of the molecule is CCCCCCCCCCCCCCCCCC[n+]1ccn(-c2ccc(OC(=O)c3ccc(-c4ccccc4)cc3)cc2)c1. The van der Waals surface area contributed by atoms with Gasteiger partial charge in [-0.2, -0.15) is 0 Å². The van der Waals surface area contributed by atoms with Crippen molar-refractivity contribution in [3.05, 3.63) is 103 Å². The summed E-state index contributed by atoms with van der Waals surface area (Å²) in [5, 5.41) is 0. The van der Waals surface area contributed by atoms with Crippen molar-refractivity contribution in [1.29, 1.82) is 0 Å². The summed E-state index contributed by atoms with van der Waals surface area (Å²) in [6, 6.07) is 25.4. The van der Waals surface area contributed by atoms with Crippen LogP contribution in [0.4, 0.5) is 0 Å². The highest BCUT2D eigenvalue weighted by molar-refractivity contribution is 5.91. The van der Waals surface area contributed by atoms with Crippen LogP contribution in [0.15, 0.2) is 97.6 Å². The lowest BCUT2D eigenvalue weighted by Crippen LogP contribution is -2.30. The van der Waals surface area contributed by atoms with Crippen LogP contribution in [0, 0.1) is 0 Å². The molecular weight excluding hydrogens is 540 g/mol. The summed E-state index contributed by atoms with van der Waals surface area (Å²) in [6.45, 7) is 3.34. The Morgan fingerprint density at radius 3 is 1.70 bits per heavy atom. The first kappa shape index (κ1) is 33.2. The summed E-state index contributed by atoms with van der Waals surface area (Å²) in [5.41, 5.74) is 3.78. The maximum Gasteiger partial charge on any atom is 0.343 e. The molecule has 0 saturated heterocycles. The molecule has 0 radical (unpaired) electrons. The van der Waals surface area contributed by atoms with Crippen LogP contribution < -0.4 is 9.30 Å². The molecule has 0 saturated carbocycles. The fourth-order valence-corrected chi connectivity index (χ4v) is 5.80. The van der Waals surface area contributed by atoms with Gasteiger partial charge in [0.05, 0.1) is 12.1 Å². The van der Waals surface area contributed by atoms with E-state index in [0.717, 1.165) is 23.4 Å². The van der Waals surface area contributed by atoms with Gasteiger partial charge in [0.25, 0.3) is 0 Å². The summed E-state index contributed by atoms with van der Waals surface area (Å²) in [5.74, 6) is 0.189. The molecule has 0 aliphatic rings. The van der Waals surface area contributed by atoms with Crippen LogP contribution in [0.2, 0.25) is 0 Å². The Labute approximate surface area is 266 Å². The van der Waals surface area contributed by atoms with Crippen molar-refractivity contribution in [1.82, 2.24) is 4.57 Å². The molecule has 0 atom stereocenters. The van der Waals surface area contributed by atoms with Crippen molar-refractivity contribution in [2.75, 3.05) is 0 Å². The highest BCUT2D eigenvalue weighted by atomic mass is 16.5. The van der Waals surface area contributed by atoms with E-state index in [-0.39, 0.29) is 5.97 Å². The fourth-order valence-electron chi connectivity index (χ4n) is 5.80. The van der Waals surface area contributed by atoms with Gasteiger partial charge in [-0.15, -0.1) is 0 Å². The maximum absolute atomic E-state index is 12.7. The molecule has 4 heteroatoms. The predicted molar refractivity (Wildman–Crippen MR) is 182 cm³/mol. The molecule has 0 bridgehead atoms. The number of aryl methyl sites for hydroxylation is 1. The zero-order valence-electron chi connectivity index (χ0n) is 27.0. The average molecular weight is 594 g/mol. The van der Waals surface area contributed by atoms with Crippen LogP contribution in [-0.2, 0) is 6.54 Å². The molecule has 0 aliphatic carbocycles. The molecule has 1 heterocycles. The second kappa shape index (κ2) is 19.6. The van der Waals surface area contributed by atoms with E-state index in [1.165, 1.54) is 103 Å². The number of ether oxygens (including phenoxy) is 1. The van der Waals surface area contributed by atoms with Crippen LogP contribution in [0.1, 0.15) is 120 Å². The number of aromatic nitrogens is 2. The van der Waals surface area contributed by atoms with E-state index < -0.39 is 0 Å². The maximum atomic E-state index is 12.7. The van der Waals surface area contributed by atoms with Crippen molar-refractivity contribution in [2.24, 2.45) is 0 Å². The molecule has 0 amide bonds. The molecule has 4 rings (SSSR count). The molecule has 0 unspecified atom stereocenters. The Balaban J connectivity index is 1.06. The third-order valence-corrected chi connectivity index (χ3v) is 8.53. The van der Waals surface area contributed by atoms with Gasteiger partial charge in [0, 0.05) is 0 Å². The molecule has 0 N–H and O–H groups in total. The Morgan fingerprint density at radius 1 is 0.614 bits per heavy atom. The Hall–Kier alpha value is -3.66. The summed E-state index contributed by atoms with van der Waals surface area (Å²) < 4.78 is 10.0. The Morgan fingerprint density at radius 2 is 1.14 bits per heavy atom. The van der Waals surface area contributed by atoms with Crippen molar-refractivity contribution in [2.45, 2.75) is 116 Å². The molecule has 0 spiro atoms. The third kappa shape index (κ3) is 11.8. The lowest BCUT2D eigenvalue weighted by atomic mass is 10.0. The fraction of sp³-hybridized carbons (Fsp3) is 0.450.